The van der Waals surface area contributed by atoms with Crippen LogP contribution < -0.4 is 5.32 Å². The number of likely N-dealkylation sites (tertiary alicyclic amines) is 1. The van der Waals surface area contributed by atoms with Gasteiger partial charge in [-0.3, -0.25) is 14.3 Å². The zero-order chi connectivity index (χ0) is 22.1. The lowest BCUT2D eigenvalue weighted by molar-refractivity contribution is -0.144. The molecular weight excluding hydrogens is 386 g/mol. The van der Waals surface area contributed by atoms with Gasteiger partial charge in [-0.25, -0.2) is 4.68 Å². The lowest BCUT2D eigenvalue weighted by atomic mass is 9.85. The monoisotopic (exact) mass is 417 g/mol. The summed E-state index contributed by atoms with van der Waals surface area (Å²) in [6.45, 7) is 8.84. The number of aliphatic hydroxyl groups is 1. The second-order valence-corrected chi connectivity index (χ2v) is 8.85. The molecule has 0 saturated carbocycles. The number of carbonyl (C=O) groups excluding carboxylic acids is 2. The van der Waals surface area contributed by atoms with Gasteiger partial charge in [0.25, 0.3) is 0 Å². The predicted molar refractivity (Wildman–Crippen MR) is 110 cm³/mol. The first kappa shape index (κ1) is 21.9. The minimum atomic E-state index is -0.729. The van der Waals surface area contributed by atoms with Gasteiger partial charge in [-0.05, 0) is 11.8 Å². The average molecular weight is 418 g/mol. The molecule has 2 N–H and O–H groups in total. The first-order valence-corrected chi connectivity index (χ1v) is 10.3. The second kappa shape index (κ2) is 8.55. The third-order valence-electron chi connectivity index (χ3n) is 5.32. The number of aliphatic hydroxyl groups excluding tert-OH is 1. The van der Waals surface area contributed by atoms with Crippen molar-refractivity contribution in [3.63, 3.8) is 0 Å². The van der Waals surface area contributed by atoms with Crippen LogP contribution in [0.5, 0.6) is 0 Å². The molecule has 1 fully saturated rings. The van der Waals surface area contributed by atoms with Crippen LogP contribution in [0.1, 0.15) is 46.6 Å². The van der Waals surface area contributed by atoms with E-state index in [1.54, 1.807) is 17.1 Å². The lowest BCUT2D eigenvalue weighted by Crippen LogP contribution is -2.49. The average Bonchev–Trinajstić information content (AvgIpc) is 3.40. The van der Waals surface area contributed by atoms with Gasteiger partial charge in [-0.1, -0.05) is 32.9 Å². The molecule has 0 spiro atoms. The third-order valence-corrected chi connectivity index (χ3v) is 5.32. The third kappa shape index (κ3) is 4.38. The minimum Gasteiger partial charge on any atom is -0.391 e. The maximum absolute atomic E-state index is 13.5. The summed E-state index contributed by atoms with van der Waals surface area (Å²) >= 11 is 0. The molecule has 0 radical (unpaired) electrons. The summed E-state index contributed by atoms with van der Waals surface area (Å²) in [7, 11) is 1.53. The molecule has 30 heavy (non-hydrogen) atoms. The molecule has 1 saturated heterocycles. The van der Waals surface area contributed by atoms with Gasteiger partial charge in [-0.15, -0.1) is 5.10 Å². The van der Waals surface area contributed by atoms with Gasteiger partial charge in [0.2, 0.25) is 11.8 Å². The number of rotatable bonds is 6. The molecule has 10 nitrogen and oxygen atoms in total. The van der Waals surface area contributed by atoms with Crippen molar-refractivity contribution in [2.45, 2.75) is 65.3 Å². The van der Waals surface area contributed by atoms with Crippen LogP contribution in [0, 0.1) is 5.41 Å². The fourth-order valence-electron chi connectivity index (χ4n) is 3.89. The predicted octanol–water partition coefficient (Wildman–Crippen LogP) is 0.847. The topological polar surface area (TPSA) is 118 Å². The van der Waals surface area contributed by atoms with Gasteiger partial charge >= 0.3 is 0 Å². The molecule has 2 amide bonds. The summed E-state index contributed by atoms with van der Waals surface area (Å²) in [5, 5.41) is 25.5. The van der Waals surface area contributed by atoms with E-state index in [2.05, 4.69) is 27.7 Å². The molecule has 10 heteroatoms. The Morgan fingerprint density at radius 2 is 2.07 bits per heavy atom. The van der Waals surface area contributed by atoms with Crippen LogP contribution in [0.4, 0.5) is 0 Å². The van der Waals surface area contributed by atoms with Crippen LogP contribution in [0.3, 0.4) is 0 Å². The fourth-order valence-corrected chi connectivity index (χ4v) is 3.89. The molecular formula is C20H31N7O3. The van der Waals surface area contributed by atoms with Crippen molar-refractivity contribution in [3.8, 4) is 11.3 Å². The smallest absolute Gasteiger partial charge is 0.248 e. The molecule has 1 aliphatic rings. The molecule has 3 heterocycles. The van der Waals surface area contributed by atoms with Gasteiger partial charge in [0, 0.05) is 38.3 Å². The number of amides is 2. The molecule has 1 aliphatic heterocycles. The molecule has 0 aliphatic carbocycles. The van der Waals surface area contributed by atoms with Crippen molar-refractivity contribution in [1.29, 1.82) is 0 Å². The maximum Gasteiger partial charge on any atom is 0.248 e. The highest BCUT2D eigenvalue weighted by molar-refractivity contribution is 5.90. The first-order chi connectivity index (χ1) is 14.2. The van der Waals surface area contributed by atoms with E-state index in [1.165, 1.54) is 11.9 Å². The van der Waals surface area contributed by atoms with Crippen LogP contribution in [0.25, 0.3) is 11.3 Å². The van der Waals surface area contributed by atoms with Crippen molar-refractivity contribution in [3.05, 3.63) is 18.6 Å². The Labute approximate surface area is 176 Å². The van der Waals surface area contributed by atoms with E-state index < -0.39 is 23.6 Å². The lowest BCUT2D eigenvalue weighted by Gasteiger charge is -2.34. The summed E-state index contributed by atoms with van der Waals surface area (Å²) in [5.74, 6) is -0.541. The molecule has 3 rings (SSSR count). The molecule has 3 atom stereocenters. The fraction of sp³-hybridized carbons (Fsp3) is 0.650. The quantitative estimate of drug-likeness (QED) is 0.719. The Balaban J connectivity index is 1.90. The number of aromatic nitrogens is 5. The minimum absolute atomic E-state index is 0.120. The Hall–Kier alpha value is -2.75. The van der Waals surface area contributed by atoms with Gasteiger partial charge < -0.3 is 15.3 Å². The first-order valence-electron chi connectivity index (χ1n) is 10.3. The van der Waals surface area contributed by atoms with Crippen LogP contribution in [-0.4, -0.2) is 72.3 Å². The Morgan fingerprint density at radius 3 is 2.70 bits per heavy atom. The van der Waals surface area contributed by atoms with E-state index in [0.717, 1.165) is 18.5 Å². The molecule has 2 aromatic rings. The zero-order valence-corrected chi connectivity index (χ0v) is 18.2. The molecule has 2 aromatic heterocycles. The summed E-state index contributed by atoms with van der Waals surface area (Å²) in [6.07, 6.45) is 5.85. The van der Waals surface area contributed by atoms with E-state index in [1.807, 2.05) is 31.6 Å². The summed E-state index contributed by atoms with van der Waals surface area (Å²) in [4.78, 5) is 27.3. The van der Waals surface area contributed by atoms with E-state index in [4.69, 9.17) is 0 Å². The molecule has 2 unspecified atom stereocenters. The SMILES string of the molecule is CCCn1cc(-c2cn(C(C(=O)N3CC(O)C[C@@H]3C(=O)NC)C(C)(C)C)nn2)cn1. The van der Waals surface area contributed by atoms with Crippen LogP contribution in [0.2, 0.25) is 0 Å². The normalized spacial score (nSPS) is 20.4. The standard InChI is InChI=1S/C20H31N7O3/c1-6-7-25-10-13(9-22-25)15-12-27(24-23-15)17(20(2,3)4)19(30)26-11-14(28)8-16(26)18(29)21-5/h9-10,12,14,16-17,28H,6-8,11H2,1-5H3,(H,21,29)/t14?,16-,17?/m1/s1. The number of carbonyl (C=O) groups is 2. The van der Waals surface area contributed by atoms with Crippen molar-refractivity contribution in [1.82, 2.24) is 35.0 Å². The van der Waals surface area contributed by atoms with Crippen LogP contribution in [0.15, 0.2) is 18.6 Å². The van der Waals surface area contributed by atoms with Gasteiger partial charge in [0.1, 0.15) is 17.8 Å². The number of nitrogens with one attached hydrogen (secondary N) is 1. The summed E-state index contributed by atoms with van der Waals surface area (Å²) in [5.41, 5.74) is 0.966. The number of β-amino-alcohol motifs (C(OH)–C–C–N with tert-alkyl or cyclic N) is 1. The van der Waals surface area contributed by atoms with Crippen molar-refractivity contribution in [2.75, 3.05) is 13.6 Å². The van der Waals surface area contributed by atoms with Crippen LogP contribution >= 0.6 is 0 Å². The van der Waals surface area contributed by atoms with Crippen molar-refractivity contribution < 1.29 is 14.7 Å². The van der Waals surface area contributed by atoms with Crippen molar-refractivity contribution >= 4 is 11.8 Å². The van der Waals surface area contributed by atoms with E-state index in [-0.39, 0.29) is 24.8 Å². The summed E-state index contributed by atoms with van der Waals surface area (Å²) < 4.78 is 3.40. The summed E-state index contributed by atoms with van der Waals surface area (Å²) in [6, 6.07) is -1.38. The molecule has 0 aromatic carbocycles. The maximum atomic E-state index is 13.5. The number of nitrogens with zero attached hydrogens (tertiary/aromatic N) is 6. The largest absolute Gasteiger partial charge is 0.391 e. The Morgan fingerprint density at radius 1 is 1.33 bits per heavy atom. The second-order valence-electron chi connectivity index (χ2n) is 8.85. The van der Waals surface area contributed by atoms with Crippen LogP contribution in [-0.2, 0) is 16.1 Å². The number of aryl methyl sites for hydroxylation is 1. The Bertz CT molecular complexity index is 898. The van der Waals surface area contributed by atoms with Gasteiger partial charge in [0.05, 0.1) is 18.5 Å². The van der Waals surface area contributed by atoms with E-state index in [9.17, 15) is 14.7 Å². The highest BCUT2D eigenvalue weighted by atomic mass is 16.3. The number of hydrogen-bond acceptors (Lipinski definition) is 6. The van der Waals surface area contributed by atoms with E-state index >= 15 is 0 Å². The van der Waals surface area contributed by atoms with Gasteiger partial charge in [-0.2, -0.15) is 5.10 Å². The zero-order valence-electron chi connectivity index (χ0n) is 18.2. The van der Waals surface area contributed by atoms with E-state index in [0.29, 0.717) is 5.69 Å². The van der Waals surface area contributed by atoms with Crippen molar-refractivity contribution in [2.24, 2.45) is 5.41 Å². The number of hydrogen-bond donors (Lipinski definition) is 2. The highest BCUT2D eigenvalue weighted by Gasteiger charge is 2.45. The Kier molecular flexibility index (Phi) is 6.25. The molecule has 0 bridgehead atoms. The highest BCUT2D eigenvalue weighted by Crippen LogP contribution is 2.34. The molecule has 164 valence electrons. The number of likely N-dealkylation sites (N-methyl/N-ethyl adjacent to an activating group) is 1. The van der Waals surface area contributed by atoms with Gasteiger partial charge in [0.15, 0.2) is 0 Å².